The third kappa shape index (κ3) is 4.58. The molecule has 2 aromatic heterocycles. The summed E-state index contributed by atoms with van der Waals surface area (Å²) in [4.78, 5) is 35.9. The van der Waals surface area contributed by atoms with Crippen molar-refractivity contribution in [2.75, 3.05) is 39.3 Å². The molecule has 32 heavy (non-hydrogen) atoms. The van der Waals surface area contributed by atoms with Crippen LogP contribution in [0.5, 0.6) is 0 Å². The maximum absolute atomic E-state index is 12.6. The van der Waals surface area contributed by atoms with Crippen LogP contribution in [-0.2, 0) is 0 Å². The Morgan fingerprint density at radius 2 is 1.88 bits per heavy atom. The van der Waals surface area contributed by atoms with Crippen LogP contribution in [0.3, 0.4) is 0 Å². The highest BCUT2D eigenvalue weighted by Gasteiger charge is 2.24. The first-order valence-corrected chi connectivity index (χ1v) is 12.7. The zero-order valence-corrected chi connectivity index (χ0v) is 19.3. The first-order valence-electron chi connectivity index (χ1n) is 11.8. The Hall–Kier alpha value is -2.29. The smallest absolute Gasteiger partial charge is 0.261 e. The third-order valence-corrected chi connectivity index (χ3v) is 7.84. The van der Waals surface area contributed by atoms with Gasteiger partial charge >= 0.3 is 0 Å². The second-order valence-electron chi connectivity index (χ2n) is 8.95. The first kappa shape index (κ1) is 21.6. The molecule has 1 saturated heterocycles. The van der Waals surface area contributed by atoms with Crippen molar-refractivity contribution in [1.82, 2.24) is 24.5 Å². The summed E-state index contributed by atoms with van der Waals surface area (Å²) in [7, 11) is 0. The lowest BCUT2D eigenvalue weighted by atomic mass is 9.94. The average molecular weight is 454 g/mol. The van der Waals surface area contributed by atoms with Crippen molar-refractivity contribution in [2.24, 2.45) is 0 Å². The van der Waals surface area contributed by atoms with Gasteiger partial charge in [-0.25, -0.2) is 4.98 Å². The van der Waals surface area contributed by atoms with Crippen molar-refractivity contribution < 1.29 is 4.79 Å². The van der Waals surface area contributed by atoms with Gasteiger partial charge < -0.3 is 10.2 Å². The highest BCUT2D eigenvalue weighted by molar-refractivity contribution is 7.18. The molecule has 3 aromatic rings. The third-order valence-electron chi connectivity index (χ3n) is 6.86. The summed E-state index contributed by atoms with van der Waals surface area (Å²) in [5, 5.41) is 2.98. The van der Waals surface area contributed by atoms with Crippen molar-refractivity contribution in [1.29, 1.82) is 0 Å². The maximum atomic E-state index is 12.6. The number of carbonyl (C=O) groups is 1. The fourth-order valence-electron chi connectivity index (χ4n) is 5.09. The number of piperazine rings is 1. The topological polar surface area (TPSA) is 70.0 Å². The molecule has 8 heteroatoms. The molecule has 3 heterocycles. The van der Waals surface area contributed by atoms with E-state index < -0.39 is 0 Å². The van der Waals surface area contributed by atoms with E-state index >= 15 is 0 Å². The molecule has 5 rings (SSSR count). The summed E-state index contributed by atoms with van der Waals surface area (Å²) in [5.74, 6) is -0.191. The van der Waals surface area contributed by atoms with Crippen molar-refractivity contribution in [3.63, 3.8) is 0 Å². The number of nitrogens with one attached hydrogen (secondary N) is 1. The van der Waals surface area contributed by atoms with Crippen LogP contribution < -0.4 is 10.9 Å². The number of hydrogen-bond acceptors (Lipinski definition) is 6. The van der Waals surface area contributed by atoms with Gasteiger partial charge in [0.15, 0.2) is 4.96 Å². The number of hydrogen-bond donors (Lipinski definition) is 1. The normalized spacial score (nSPS) is 19.0. The van der Waals surface area contributed by atoms with Gasteiger partial charge in [-0.2, -0.15) is 0 Å². The van der Waals surface area contributed by atoms with E-state index in [1.54, 1.807) is 4.40 Å². The molecular weight excluding hydrogens is 422 g/mol. The Bertz CT molecular complexity index is 1140. The average Bonchev–Trinajstić information content (AvgIpc) is 3.22. The largest absolute Gasteiger partial charge is 0.351 e. The number of amides is 1. The molecule has 1 N–H and O–H groups in total. The van der Waals surface area contributed by atoms with E-state index in [0.717, 1.165) is 43.1 Å². The van der Waals surface area contributed by atoms with Crippen LogP contribution in [0, 0.1) is 0 Å². The van der Waals surface area contributed by atoms with Gasteiger partial charge in [-0.05, 0) is 37.9 Å². The standard InChI is InChI=1S/C24H31N5O2S/c30-22-17-21(32-24-26-19-9-4-5-10-20(19)29(22)24)23(31)25-11-6-12-27-13-15-28(16-14-27)18-7-2-1-3-8-18/h4-5,9-10,17-18H,1-3,6-8,11-16H2,(H,25,31). The van der Waals surface area contributed by atoms with E-state index in [0.29, 0.717) is 16.4 Å². The lowest BCUT2D eigenvalue weighted by Crippen LogP contribution is -2.51. The van der Waals surface area contributed by atoms with Crippen LogP contribution in [-0.4, -0.2) is 70.4 Å². The number of para-hydroxylation sites is 2. The van der Waals surface area contributed by atoms with Crippen molar-refractivity contribution in [2.45, 2.75) is 44.6 Å². The lowest BCUT2D eigenvalue weighted by molar-refractivity contribution is 0.0779. The Balaban J connectivity index is 1.10. The second-order valence-corrected chi connectivity index (χ2v) is 9.96. The molecule has 0 radical (unpaired) electrons. The van der Waals surface area contributed by atoms with Crippen LogP contribution >= 0.6 is 11.3 Å². The van der Waals surface area contributed by atoms with Gasteiger partial charge in [-0.15, -0.1) is 0 Å². The van der Waals surface area contributed by atoms with Crippen LogP contribution in [0.25, 0.3) is 16.0 Å². The number of aromatic nitrogens is 2. The van der Waals surface area contributed by atoms with E-state index in [-0.39, 0.29) is 11.5 Å². The Labute approximate surface area is 192 Å². The Morgan fingerprint density at radius 3 is 2.69 bits per heavy atom. The second kappa shape index (κ2) is 9.68. The summed E-state index contributed by atoms with van der Waals surface area (Å²) in [5.41, 5.74) is 1.33. The van der Waals surface area contributed by atoms with Crippen LogP contribution in [0.2, 0.25) is 0 Å². The predicted octanol–water partition coefficient (Wildman–Crippen LogP) is 2.98. The molecule has 1 amide bonds. The predicted molar refractivity (Wildman–Crippen MR) is 129 cm³/mol. The minimum absolute atomic E-state index is 0.191. The van der Waals surface area contributed by atoms with Crippen LogP contribution in [0.1, 0.15) is 48.2 Å². The molecule has 0 spiro atoms. The summed E-state index contributed by atoms with van der Waals surface area (Å²) in [6.45, 7) is 6.20. The van der Waals surface area contributed by atoms with E-state index in [9.17, 15) is 9.59 Å². The highest BCUT2D eigenvalue weighted by Crippen LogP contribution is 2.23. The van der Waals surface area contributed by atoms with Gasteiger partial charge in [-0.1, -0.05) is 42.7 Å². The molecule has 1 aromatic carbocycles. The van der Waals surface area contributed by atoms with Gasteiger partial charge in [-0.3, -0.25) is 18.9 Å². The number of imidazole rings is 1. The Kier molecular flexibility index (Phi) is 6.52. The molecule has 170 valence electrons. The monoisotopic (exact) mass is 453 g/mol. The van der Waals surface area contributed by atoms with Gasteiger partial charge in [0.1, 0.15) is 4.88 Å². The van der Waals surface area contributed by atoms with Crippen molar-refractivity contribution in [3.05, 3.63) is 45.6 Å². The summed E-state index contributed by atoms with van der Waals surface area (Å²) in [6.07, 6.45) is 7.86. The zero-order valence-electron chi connectivity index (χ0n) is 18.5. The molecular formula is C24H31N5O2S. The number of benzene rings is 1. The number of rotatable bonds is 6. The fourth-order valence-corrected chi connectivity index (χ4v) is 6.04. The molecule has 1 aliphatic carbocycles. The molecule has 2 aliphatic rings. The fraction of sp³-hybridized carbons (Fsp3) is 0.542. The van der Waals surface area contributed by atoms with E-state index in [4.69, 9.17) is 0 Å². The zero-order chi connectivity index (χ0) is 21.9. The van der Waals surface area contributed by atoms with Crippen LogP contribution in [0.15, 0.2) is 35.1 Å². The molecule has 0 bridgehead atoms. The van der Waals surface area contributed by atoms with Crippen LogP contribution in [0.4, 0.5) is 0 Å². The molecule has 0 atom stereocenters. The van der Waals surface area contributed by atoms with Gasteiger partial charge in [0.05, 0.1) is 11.0 Å². The highest BCUT2D eigenvalue weighted by atomic mass is 32.1. The van der Waals surface area contributed by atoms with E-state index in [1.807, 2.05) is 24.3 Å². The van der Waals surface area contributed by atoms with Gasteiger partial charge in [0, 0.05) is 44.8 Å². The van der Waals surface area contributed by atoms with E-state index in [1.165, 1.54) is 62.6 Å². The number of nitrogens with zero attached hydrogens (tertiary/aromatic N) is 4. The maximum Gasteiger partial charge on any atom is 0.261 e. The van der Waals surface area contributed by atoms with Gasteiger partial charge in [0.25, 0.3) is 11.5 Å². The molecule has 7 nitrogen and oxygen atoms in total. The SMILES string of the molecule is O=C(NCCCN1CCN(C2CCCCC2)CC1)c1cc(=O)n2c(nc3ccccc32)s1. The summed E-state index contributed by atoms with van der Waals surface area (Å²) < 4.78 is 1.57. The minimum atomic E-state index is -0.214. The lowest BCUT2D eigenvalue weighted by Gasteiger charge is -2.40. The van der Waals surface area contributed by atoms with Crippen molar-refractivity contribution >= 4 is 33.2 Å². The Morgan fingerprint density at radius 1 is 1.09 bits per heavy atom. The molecule has 0 unspecified atom stereocenters. The summed E-state index contributed by atoms with van der Waals surface area (Å²) >= 11 is 1.26. The first-order chi connectivity index (χ1) is 15.7. The van der Waals surface area contributed by atoms with Crippen molar-refractivity contribution in [3.8, 4) is 0 Å². The number of fused-ring (bicyclic) bond motifs is 3. The molecule has 1 saturated carbocycles. The molecule has 1 aliphatic heterocycles. The number of carbonyl (C=O) groups excluding carboxylic acids is 1. The van der Waals surface area contributed by atoms with Gasteiger partial charge in [0.2, 0.25) is 0 Å². The molecule has 2 fully saturated rings. The van der Waals surface area contributed by atoms with E-state index in [2.05, 4.69) is 20.1 Å². The summed E-state index contributed by atoms with van der Waals surface area (Å²) in [6, 6.07) is 9.76. The quantitative estimate of drug-likeness (QED) is 0.581. The minimum Gasteiger partial charge on any atom is -0.351 e.